The summed E-state index contributed by atoms with van der Waals surface area (Å²) in [6, 6.07) is 0. The molecule has 3 unspecified atom stereocenters. The Hall–Kier alpha value is -0.730. The van der Waals surface area contributed by atoms with Crippen LogP contribution in [0.2, 0.25) is 0 Å². The zero-order valence-electron chi connectivity index (χ0n) is 9.82. The van der Waals surface area contributed by atoms with Gasteiger partial charge in [0.1, 0.15) is 18.3 Å². The molecule has 0 aromatic carbocycles. The first-order valence-corrected chi connectivity index (χ1v) is 5.31. The van der Waals surface area contributed by atoms with Crippen LogP contribution < -0.4 is 0 Å². The second kappa shape index (κ2) is 4.18. The molecule has 2 fully saturated rings. The van der Waals surface area contributed by atoms with E-state index in [2.05, 4.69) is 4.74 Å². The highest BCUT2D eigenvalue weighted by Gasteiger charge is 2.55. The third kappa shape index (κ3) is 2.16. The van der Waals surface area contributed by atoms with Crippen molar-refractivity contribution in [2.75, 3.05) is 7.11 Å². The summed E-state index contributed by atoms with van der Waals surface area (Å²) in [5, 5.41) is 19.6. The van der Waals surface area contributed by atoms with Gasteiger partial charge in [0, 0.05) is 0 Å². The van der Waals surface area contributed by atoms with Crippen LogP contribution >= 0.6 is 0 Å². The fourth-order valence-corrected chi connectivity index (χ4v) is 2.00. The molecule has 2 aliphatic rings. The van der Waals surface area contributed by atoms with Crippen LogP contribution in [0.3, 0.4) is 0 Å². The van der Waals surface area contributed by atoms with Crippen molar-refractivity contribution in [2.45, 2.75) is 50.3 Å². The van der Waals surface area contributed by atoms with Gasteiger partial charge in [0.2, 0.25) is 0 Å². The Kier molecular flexibility index (Phi) is 3.13. The summed E-state index contributed by atoms with van der Waals surface area (Å²) >= 11 is 0. The highest BCUT2D eigenvalue weighted by atomic mass is 16.8. The predicted octanol–water partition coefficient (Wildman–Crippen LogP) is -1.24. The van der Waals surface area contributed by atoms with Gasteiger partial charge in [-0.3, -0.25) is 0 Å². The SMILES string of the molecule is COC(=O)C1O[C@H]2OC(C)(C)OC2C(O)[C@@H]1O. The second-order valence-electron chi connectivity index (χ2n) is 4.53. The van der Waals surface area contributed by atoms with Gasteiger partial charge in [-0.2, -0.15) is 0 Å². The lowest BCUT2D eigenvalue weighted by atomic mass is 9.99. The zero-order valence-corrected chi connectivity index (χ0v) is 9.82. The zero-order chi connectivity index (χ0) is 12.8. The van der Waals surface area contributed by atoms with Gasteiger partial charge in [-0.05, 0) is 13.8 Å². The molecule has 7 heteroatoms. The average Bonchev–Trinajstić information content (AvgIpc) is 2.57. The normalized spacial score (nSPS) is 44.2. The van der Waals surface area contributed by atoms with Crippen molar-refractivity contribution < 1.29 is 34.0 Å². The van der Waals surface area contributed by atoms with Gasteiger partial charge >= 0.3 is 5.97 Å². The molecule has 0 aromatic heterocycles. The Labute approximate surface area is 98.2 Å². The number of carbonyl (C=O) groups is 1. The molecule has 7 nitrogen and oxygen atoms in total. The molecule has 17 heavy (non-hydrogen) atoms. The minimum absolute atomic E-state index is 0.761. The Morgan fingerprint density at radius 2 is 1.88 bits per heavy atom. The number of aliphatic hydroxyl groups excluding tert-OH is 2. The Bertz CT molecular complexity index is 316. The van der Waals surface area contributed by atoms with E-state index in [1.807, 2.05) is 0 Å². The Morgan fingerprint density at radius 3 is 2.47 bits per heavy atom. The minimum atomic E-state index is -1.40. The molecule has 2 saturated heterocycles. The van der Waals surface area contributed by atoms with Gasteiger partial charge in [-0.15, -0.1) is 0 Å². The Balaban J connectivity index is 2.16. The molecule has 0 radical (unpaired) electrons. The standard InChI is InChI=1S/C10H16O7/c1-10(2)16-7-5(12)4(11)6(8(13)14-3)15-9(7)17-10/h4-7,9,11-12H,1-3H3/t4-,5?,6?,7?,9-/m0/s1. The number of methoxy groups -OCH3 is 1. The second-order valence-corrected chi connectivity index (χ2v) is 4.53. The van der Waals surface area contributed by atoms with Gasteiger partial charge in [-0.25, -0.2) is 4.79 Å². The number of hydrogen-bond acceptors (Lipinski definition) is 7. The van der Waals surface area contributed by atoms with Crippen LogP contribution in [-0.4, -0.2) is 59.8 Å². The molecule has 2 N–H and O–H groups in total. The van der Waals surface area contributed by atoms with Crippen molar-refractivity contribution in [1.29, 1.82) is 0 Å². The maximum atomic E-state index is 11.4. The van der Waals surface area contributed by atoms with Crippen molar-refractivity contribution in [3.05, 3.63) is 0 Å². The van der Waals surface area contributed by atoms with Crippen molar-refractivity contribution in [2.24, 2.45) is 0 Å². The van der Waals surface area contributed by atoms with E-state index in [4.69, 9.17) is 14.2 Å². The molecular formula is C10H16O7. The van der Waals surface area contributed by atoms with Gasteiger partial charge in [0.15, 0.2) is 18.2 Å². The van der Waals surface area contributed by atoms with Crippen LogP contribution in [0.5, 0.6) is 0 Å². The molecule has 0 saturated carbocycles. The highest BCUT2D eigenvalue weighted by molar-refractivity contribution is 5.75. The summed E-state index contributed by atoms with van der Waals surface area (Å²) in [7, 11) is 1.17. The first-order chi connectivity index (χ1) is 7.85. The molecular weight excluding hydrogens is 232 g/mol. The van der Waals surface area contributed by atoms with Crippen molar-refractivity contribution in [1.82, 2.24) is 0 Å². The maximum absolute atomic E-state index is 11.4. The summed E-state index contributed by atoms with van der Waals surface area (Å²) < 4.78 is 20.5. The van der Waals surface area contributed by atoms with Gasteiger partial charge in [-0.1, -0.05) is 0 Å². The summed E-state index contributed by atoms with van der Waals surface area (Å²) in [5.74, 6) is -1.69. The van der Waals surface area contributed by atoms with E-state index in [-0.39, 0.29) is 0 Å². The van der Waals surface area contributed by atoms with Crippen molar-refractivity contribution in [3.63, 3.8) is 0 Å². The number of hydrogen-bond donors (Lipinski definition) is 2. The van der Waals surface area contributed by atoms with E-state index in [0.29, 0.717) is 0 Å². The third-order valence-electron chi connectivity index (χ3n) is 2.80. The molecule has 0 bridgehead atoms. The molecule has 0 amide bonds. The van der Waals surface area contributed by atoms with E-state index >= 15 is 0 Å². The molecule has 0 aromatic rings. The van der Waals surface area contributed by atoms with Crippen LogP contribution in [0, 0.1) is 0 Å². The van der Waals surface area contributed by atoms with Gasteiger partial charge in [0.05, 0.1) is 7.11 Å². The van der Waals surface area contributed by atoms with E-state index in [1.165, 1.54) is 7.11 Å². The summed E-state index contributed by atoms with van der Waals surface area (Å²) in [5.41, 5.74) is 0. The number of ether oxygens (including phenoxy) is 4. The molecule has 2 aliphatic heterocycles. The first kappa shape index (κ1) is 12.7. The van der Waals surface area contributed by atoms with E-state index in [9.17, 15) is 15.0 Å². The molecule has 0 spiro atoms. The number of fused-ring (bicyclic) bond motifs is 1. The van der Waals surface area contributed by atoms with E-state index in [1.54, 1.807) is 13.8 Å². The smallest absolute Gasteiger partial charge is 0.337 e. The fourth-order valence-electron chi connectivity index (χ4n) is 2.00. The van der Waals surface area contributed by atoms with E-state index < -0.39 is 42.5 Å². The number of carbonyl (C=O) groups excluding carboxylic acids is 1. The van der Waals surface area contributed by atoms with E-state index in [0.717, 1.165) is 0 Å². The van der Waals surface area contributed by atoms with Crippen LogP contribution in [0.4, 0.5) is 0 Å². The molecule has 2 heterocycles. The summed E-state index contributed by atoms with van der Waals surface area (Å²) in [6.07, 6.45) is -5.65. The largest absolute Gasteiger partial charge is 0.467 e. The summed E-state index contributed by atoms with van der Waals surface area (Å²) in [6.45, 7) is 3.31. The monoisotopic (exact) mass is 248 g/mol. The summed E-state index contributed by atoms with van der Waals surface area (Å²) in [4.78, 5) is 11.4. The molecule has 0 aliphatic carbocycles. The number of rotatable bonds is 1. The van der Waals surface area contributed by atoms with Gasteiger partial charge in [0.25, 0.3) is 0 Å². The molecule has 5 atom stereocenters. The van der Waals surface area contributed by atoms with Gasteiger partial charge < -0.3 is 29.2 Å². The maximum Gasteiger partial charge on any atom is 0.337 e. The lowest BCUT2D eigenvalue weighted by Crippen LogP contribution is -2.58. The van der Waals surface area contributed by atoms with Crippen LogP contribution in [-0.2, 0) is 23.7 Å². The highest BCUT2D eigenvalue weighted by Crippen LogP contribution is 2.36. The van der Waals surface area contributed by atoms with Crippen LogP contribution in [0.1, 0.15) is 13.8 Å². The van der Waals surface area contributed by atoms with Crippen LogP contribution in [0.15, 0.2) is 0 Å². The van der Waals surface area contributed by atoms with Crippen molar-refractivity contribution in [3.8, 4) is 0 Å². The lowest BCUT2D eigenvalue weighted by Gasteiger charge is -2.36. The van der Waals surface area contributed by atoms with Crippen molar-refractivity contribution >= 4 is 5.97 Å². The minimum Gasteiger partial charge on any atom is -0.467 e. The average molecular weight is 248 g/mol. The molecule has 2 rings (SSSR count). The third-order valence-corrected chi connectivity index (χ3v) is 2.80. The molecule has 98 valence electrons. The predicted molar refractivity (Wildman–Crippen MR) is 52.7 cm³/mol. The quantitative estimate of drug-likeness (QED) is 0.560. The first-order valence-electron chi connectivity index (χ1n) is 5.31. The topological polar surface area (TPSA) is 94.5 Å². The number of aliphatic hydroxyl groups is 2. The Morgan fingerprint density at radius 1 is 1.24 bits per heavy atom. The number of esters is 1. The fraction of sp³-hybridized carbons (Fsp3) is 0.900. The lowest BCUT2D eigenvalue weighted by molar-refractivity contribution is -0.252. The van der Waals surface area contributed by atoms with Crippen LogP contribution in [0.25, 0.3) is 0 Å².